The Balaban J connectivity index is 1.72. The predicted octanol–water partition coefficient (Wildman–Crippen LogP) is 3.74. The molecule has 0 saturated heterocycles. The number of halogens is 2. The van der Waals surface area contributed by atoms with Crippen LogP contribution in [-0.4, -0.2) is 45.1 Å². The van der Waals surface area contributed by atoms with Crippen LogP contribution in [0, 0.1) is 22.7 Å². The van der Waals surface area contributed by atoms with Gasteiger partial charge in [-0.05, 0) is 56.1 Å². The van der Waals surface area contributed by atoms with Crippen LogP contribution in [0.5, 0.6) is 0 Å². The summed E-state index contributed by atoms with van der Waals surface area (Å²) in [5.41, 5.74) is -1.91. The summed E-state index contributed by atoms with van der Waals surface area (Å²) in [6.45, 7) is 4.78. The highest BCUT2D eigenvalue weighted by Gasteiger charge is 2.72. The first kappa shape index (κ1) is 22.0. The number of carbonyl (C=O) groups excluding carboxylic acids is 3. The average molecular weight is 455 g/mol. The topological polar surface area (TPSA) is 80.7 Å². The number of aliphatic hydroxyl groups is 1. The van der Waals surface area contributed by atoms with Crippen molar-refractivity contribution in [3.63, 3.8) is 0 Å². The van der Waals surface area contributed by atoms with Gasteiger partial charge in [-0.1, -0.05) is 25.5 Å². The van der Waals surface area contributed by atoms with Crippen molar-refractivity contribution in [1.82, 2.24) is 0 Å². The predicted molar refractivity (Wildman–Crippen MR) is 113 cm³/mol. The third-order valence-electron chi connectivity index (χ3n) is 8.62. The number of hydrogen-bond donors (Lipinski definition) is 1. The third kappa shape index (κ3) is 2.67. The van der Waals surface area contributed by atoms with Crippen LogP contribution in [0.3, 0.4) is 0 Å². The molecule has 4 aliphatic carbocycles. The molecule has 3 saturated carbocycles. The lowest BCUT2D eigenvalue weighted by Crippen LogP contribution is -2.67. The molecule has 0 heterocycles. The third-order valence-corrected chi connectivity index (χ3v) is 10.2. The number of rotatable bonds is 3. The summed E-state index contributed by atoms with van der Waals surface area (Å²) in [6.07, 6.45) is 7.97. The van der Waals surface area contributed by atoms with Crippen molar-refractivity contribution >= 4 is 40.7 Å². The maximum Gasteiger partial charge on any atom is 0.303 e. The number of esters is 1. The molecule has 0 unspecified atom stereocenters. The normalized spacial score (nSPS) is 47.1. The summed E-state index contributed by atoms with van der Waals surface area (Å²) in [5.74, 6) is -1.07. The van der Waals surface area contributed by atoms with Crippen LogP contribution in [0.1, 0.15) is 52.9 Å². The Kier molecular flexibility index (Phi) is 5.08. The van der Waals surface area contributed by atoms with Crippen molar-refractivity contribution in [2.45, 2.75) is 68.7 Å². The van der Waals surface area contributed by atoms with Crippen molar-refractivity contribution in [3.8, 4) is 0 Å². The second kappa shape index (κ2) is 6.91. The van der Waals surface area contributed by atoms with Crippen molar-refractivity contribution in [3.05, 3.63) is 23.8 Å². The van der Waals surface area contributed by atoms with Gasteiger partial charge >= 0.3 is 5.97 Å². The number of Topliss-reactive ketones (excluding diaryl/α,β-unsaturated/α-hetero) is 1. The molecule has 7 atom stereocenters. The maximum absolute atomic E-state index is 12.9. The van der Waals surface area contributed by atoms with E-state index in [1.165, 1.54) is 6.92 Å². The van der Waals surface area contributed by atoms with Gasteiger partial charge in [0, 0.05) is 17.8 Å². The van der Waals surface area contributed by atoms with E-state index in [9.17, 15) is 19.5 Å². The Morgan fingerprint density at radius 2 is 1.97 bits per heavy atom. The molecular formula is C23H28Cl2O5. The van der Waals surface area contributed by atoms with E-state index in [4.69, 9.17) is 27.9 Å². The van der Waals surface area contributed by atoms with E-state index in [1.54, 1.807) is 12.2 Å². The van der Waals surface area contributed by atoms with Crippen LogP contribution in [0.4, 0.5) is 0 Å². The molecule has 0 amide bonds. The summed E-state index contributed by atoms with van der Waals surface area (Å²) < 4.78 is 4.90. The monoisotopic (exact) mass is 454 g/mol. The first-order valence-corrected chi connectivity index (χ1v) is 11.4. The Morgan fingerprint density at radius 3 is 2.63 bits per heavy atom. The average Bonchev–Trinajstić information content (AvgIpc) is 2.94. The highest BCUT2D eigenvalue weighted by atomic mass is 35.5. The van der Waals surface area contributed by atoms with Crippen molar-refractivity contribution in [2.24, 2.45) is 22.7 Å². The summed E-state index contributed by atoms with van der Waals surface area (Å²) in [5, 5.41) is 11.0. The molecule has 0 aromatic carbocycles. The molecule has 0 bridgehead atoms. The molecule has 0 radical (unpaired) electrons. The van der Waals surface area contributed by atoms with Gasteiger partial charge in [0.1, 0.15) is 5.60 Å². The zero-order valence-corrected chi connectivity index (χ0v) is 19.1. The van der Waals surface area contributed by atoms with Crippen LogP contribution >= 0.6 is 23.2 Å². The molecule has 0 aliphatic heterocycles. The van der Waals surface area contributed by atoms with Crippen LogP contribution in [-0.2, 0) is 19.1 Å². The van der Waals surface area contributed by atoms with Gasteiger partial charge in [-0.3, -0.25) is 14.4 Å². The van der Waals surface area contributed by atoms with Gasteiger partial charge in [0.2, 0.25) is 5.78 Å². The first-order valence-electron chi connectivity index (χ1n) is 10.6. The van der Waals surface area contributed by atoms with E-state index in [2.05, 4.69) is 0 Å². The lowest BCUT2D eigenvalue weighted by molar-refractivity contribution is -0.167. The van der Waals surface area contributed by atoms with Gasteiger partial charge in [-0.15, -0.1) is 23.2 Å². The van der Waals surface area contributed by atoms with Gasteiger partial charge in [0.25, 0.3) is 0 Å². The van der Waals surface area contributed by atoms with Gasteiger partial charge < -0.3 is 9.84 Å². The summed E-state index contributed by atoms with van der Waals surface area (Å²) in [7, 11) is 0. The minimum Gasteiger partial charge on any atom is -0.458 e. The molecule has 5 nitrogen and oxygen atoms in total. The van der Waals surface area contributed by atoms with E-state index >= 15 is 0 Å². The SMILES string of the molecule is CC(=O)OCC(=O)[C@@]1(O)CC[C@@H]2[C@H]3CCC4=CC(=O)C=C[C@]4(C)[C@@]3(Cl)[C@@H](Cl)C[C@@]21C. The smallest absolute Gasteiger partial charge is 0.303 e. The minimum atomic E-state index is -1.60. The highest BCUT2D eigenvalue weighted by Crippen LogP contribution is 2.71. The molecule has 4 aliphatic rings. The fourth-order valence-electron chi connectivity index (χ4n) is 6.89. The molecule has 4 rings (SSSR count). The van der Waals surface area contributed by atoms with Crippen LogP contribution in [0.25, 0.3) is 0 Å². The number of ether oxygens (including phenoxy) is 1. The number of ketones is 2. The standard InChI is InChI=1S/C23H28Cl2O5/c1-13(26)30-12-19(28)22(29)9-7-16-17-5-4-14-10-15(27)6-8-20(14,2)23(17,25)18(24)11-21(16,22)3/h6,8,10,16-18,29H,4-5,7,9,11-12H2,1-3H3/t16-,17-,18+,20+,21+,22+,23+/m1/s1. The molecule has 164 valence electrons. The number of hydrogen-bond acceptors (Lipinski definition) is 5. The molecule has 7 heteroatoms. The Hall–Kier alpha value is -1.17. The van der Waals surface area contributed by atoms with Gasteiger partial charge in [-0.25, -0.2) is 0 Å². The van der Waals surface area contributed by atoms with E-state index in [0.717, 1.165) is 18.4 Å². The molecule has 3 fully saturated rings. The van der Waals surface area contributed by atoms with Crippen LogP contribution in [0.15, 0.2) is 23.8 Å². The number of carbonyl (C=O) groups is 3. The van der Waals surface area contributed by atoms with E-state index in [1.807, 2.05) is 19.9 Å². The van der Waals surface area contributed by atoms with Gasteiger partial charge in [0.15, 0.2) is 12.4 Å². The lowest BCUT2D eigenvalue weighted by atomic mass is 9.46. The Morgan fingerprint density at radius 1 is 1.27 bits per heavy atom. The fraction of sp³-hybridized carbons (Fsp3) is 0.696. The summed E-state index contributed by atoms with van der Waals surface area (Å²) in [4.78, 5) is 35.3. The van der Waals surface area contributed by atoms with Crippen molar-refractivity contribution in [1.29, 1.82) is 0 Å². The molecule has 0 spiro atoms. The van der Waals surface area contributed by atoms with E-state index < -0.39 is 45.0 Å². The number of allylic oxidation sites excluding steroid dienone is 4. The first-order chi connectivity index (χ1) is 13.9. The number of alkyl halides is 2. The van der Waals surface area contributed by atoms with Gasteiger partial charge in [-0.2, -0.15) is 0 Å². The second-order valence-corrected chi connectivity index (χ2v) is 11.0. The van der Waals surface area contributed by atoms with Crippen molar-refractivity contribution in [2.75, 3.05) is 6.61 Å². The largest absolute Gasteiger partial charge is 0.458 e. The van der Waals surface area contributed by atoms with Crippen LogP contribution < -0.4 is 0 Å². The van der Waals surface area contributed by atoms with Crippen molar-refractivity contribution < 1.29 is 24.2 Å². The highest BCUT2D eigenvalue weighted by molar-refractivity contribution is 6.34. The fourth-order valence-corrected chi connectivity index (χ4v) is 8.13. The van der Waals surface area contributed by atoms with Gasteiger partial charge in [0.05, 0.1) is 10.3 Å². The molecule has 1 N–H and O–H groups in total. The summed E-state index contributed by atoms with van der Waals surface area (Å²) in [6, 6.07) is 0. The molecular weight excluding hydrogens is 427 g/mol. The zero-order valence-electron chi connectivity index (χ0n) is 17.5. The number of fused-ring (bicyclic) bond motifs is 5. The Labute approximate surface area is 186 Å². The summed E-state index contributed by atoms with van der Waals surface area (Å²) >= 11 is 14.4. The quantitative estimate of drug-likeness (QED) is 0.518. The Bertz CT molecular complexity index is 881. The second-order valence-electron chi connectivity index (χ2n) is 9.82. The van der Waals surface area contributed by atoms with E-state index in [-0.39, 0.29) is 17.6 Å². The molecule has 0 aromatic rings. The van der Waals surface area contributed by atoms with Crippen LogP contribution in [0.2, 0.25) is 0 Å². The lowest BCUT2D eigenvalue weighted by Gasteiger charge is -2.63. The molecule has 30 heavy (non-hydrogen) atoms. The minimum absolute atomic E-state index is 0.000631. The zero-order chi connectivity index (χ0) is 22.1. The maximum atomic E-state index is 12.9. The van der Waals surface area contributed by atoms with E-state index in [0.29, 0.717) is 19.3 Å². The molecule has 0 aromatic heterocycles.